The summed E-state index contributed by atoms with van der Waals surface area (Å²) in [6, 6.07) is 0. The summed E-state index contributed by atoms with van der Waals surface area (Å²) in [4.78, 5) is 0. The maximum absolute atomic E-state index is 3.44. The molecule has 7 heavy (non-hydrogen) atoms. The molecule has 0 aromatic carbocycles. The van der Waals surface area contributed by atoms with E-state index in [9.17, 15) is 0 Å². The molecule has 1 nitrogen and oxygen atoms in total. The van der Waals surface area contributed by atoms with Gasteiger partial charge in [0, 0.05) is 0 Å². The Morgan fingerprint density at radius 1 is 1.71 bits per heavy atom. The molecule has 1 rings (SSSR count). The maximum atomic E-state index is 3.44. The van der Waals surface area contributed by atoms with Crippen LogP contribution in [0, 0.1) is 5.92 Å². The average molecular weight is 212 g/mol. The van der Waals surface area contributed by atoms with Crippen LogP contribution in [0.4, 0.5) is 0 Å². The molecular weight excluding hydrogens is 201 g/mol. The standard InChI is InChI=1S/C5H11IN/c1-5-2-3-6-7-4-5/h5,7H,2-4H2,1H3/q-1. The zero-order chi connectivity index (χ0) is 5.11. The summed E-state index contributed by atoms with van der Waals surface area (Å²) in [5.41, 5.74) is 0. The zero-order valence-electron chi connectivity index (χ0n) is 4.58. The third-order valence-corrected chi connectivity index (χ3v) is 3.36. The molecule has 0 amide bonds. The SMILES string of the molecule is CC1CC[I-]NC1. The van der Waals surface area contributed by atoms with E-state index in [1.165, 1.54) is 17.4 Å². The first-order valence-electron chi connectivity index (χ1n) is 2.70. The number of rotatable bonds is 0. The van der Waals surface area contributed by atoms with E-state index in [2.05, 4.69) is 10.5 Å². The number of hydrogen-bond acceptors (Lipinski definition) is 1. The Morgan fingerprint density at radius 2 is 2.57 bits per heavy atom. The summed E-state index contributed by atoms with van der Waals surface area (Å²) in [5.74, 6) is 0.952. The van der Waals surface area contributed by atoms with Crippen LogP contribution < -0.4 is 25.0 Å². The van der Waals surface area contributed by atoms with Gasteiger partial charge in [0.1, 0.15) is 0 Å². The van der Waals surface area contributed by atoms with Gasteiger partial charge in [-0.3, -0.25) is 0 Å². The zero-order valence-corrected chi connectivity index (χ0v) is 6.73. The van der Waals surface area contributed by atoms with Crippen molar-refractivity contribution in [3.63, 3.8) is 0 Å². The molecule has 2 heteroatoms. The fourth-order valence-corrected chi connectivity index (χ4v) is 3.42. The summed E-state index contributed by atoms with van der Waals surface area (Å²) in [6.45, 7) is 3.60. The molecule has 1 aliphatic heterocycles. The van der Waals surface area contributed by atoms with Gasteiger partial charge in [-0.15, -0.1) is 0 Å². The van der Waals surface area contributed by atoms with E-state index < -0.39 is 0 Å². The van der Waals surface area contributed by atoms with Crippen molar-refractivity contribution in [2.45, 2.75) is 13.3 Å². The Morgan fingerprint density at radius 3 is 2.86 bits per heavy atom. The number of nitrogens with one attached hydrogen (secondary N) is 1. The molecule has 0 aromatic rings. The molecular formula is C5H11IN-. The molecule has 0 spiro atoms. The van der Waals surface area contributed by atoms with Gasteiger partial charge in [-0.1, -0.05) is 0 Å². The topological polar surface area (TPSA) is 12.0 Å². The van der Waals surface area contributed by atoms with Crippen molar-refractivity contribution in [1.29, 1.82) is 0 Å². The first-order chi connectivity index (χ1) is 3.39. The first-order valence-corrected chi connectivity index (χ1v) is 5.31. The number of halogens is 1. The van der Waals surface area contributed by atoms with Crippen LogP contribution in [0.1, 0.15) is 13.3 Å². The van der Waals surface area contributed by atoms with E-state index in [1.54, 1.807) is 0 Å². The van der Waals surface area contributed by atoms with Crippen molar-refractivity contribution >= 4 is 0 Å². The van der Waals surface area contributed by atoms with Crippen molar-refractivity contribution in [1.82, 2.24) is 3.53 Å². The van der Waals surface area contributed by atoms with Gasteiger partial charge in [-0.2, -0.15) is 0 Å². The molecule has 0 saturated carbocycles. The van der Waals surface area contributed by atoms with Gasteiger partial charge in [-0.25, -0.2) is 0 Å². The fraction of sp³-hybridized carbons (Fsp3) is 1.00. The third-order valence-electron chi connectivity index (χ3n) is 1.22. The second-order valence-electron chi connectivity index (χ2n) is 2.05. The van der Waals surface area contributed by atoms with E-state index in [0.717, 1.165) is 5.92 Å². The predicted octanol–water partition coefficient (Wildman–Crippen LogP) is -2.38. The van der Waals surface area contributed by atoms with E-state index >= 15 is 0 Å². The second kappa shape index (κ2) is 2.87. The van der Waals surface area contributed by atoms with Crippen LogP contribution in [0.5, 0.6) is 0 Å². The summed E-state index contributed by atoms with van der Waals surface area (Å²) < 4.78 is 4.93. The van der Waals surface area contributed by atoms with Crippen molar-refractivity contribution in [3.8, 4) is 0 Å². The summed E-state index contributed by atoms with van der Waals surface area (Å²) in [5, 5.41) is 0. The van der Waals surface area contributed by atoms with Crippen LogP contribution >= 0.6 is 0 Å². The molecule has 1 atom stereocenters. The van der Waals surface area contributed by atoms with Crippen LogP contribution in [0.3, 0.4) is 0 Å². The molecule has 1 fully saturated rings. The van der Waals surface area contributed by atoms with Crippen LogP contribution in [-0.4, -0.2) is 11.0 Å². The molecule has 0 aromatic heterocycles. The van der Waals surface area contributed by atoms with Gasteiger partial charge in [0.25, 0.3) is 0 Å². The number of alkyl halides is 1. The molecule has 1 unspecified atom stereocenters. The normalized spacial score (nSPS) is 34.1. The van der Waals surface area contributed by atoms with Crippen molar-refractivity contribution in [2.75, 3.05) is 11.0 Å². The Hall–Kier alpha value is 0.690. The van der Waals surface area contributed by atoms with Crippen molar-refractivity contribution in [2.24, 2.45) is 5.92 Å². The van der Waals surface area contributed by atoms with Gasteiger partial charge < -0.3 is 0 Å². The van der Waals surface area contributed by atoms with Crippen LogP contribution in [0.15, 0.2) is 0 Å². The summed E-state index contributed by atoms with van der Waals surface area (Å²) in [6.07, 6.45) is 1.47. The van der Waals surface area contributed by atoms with Gasteiger partial charge in [-0.05, 0) is 0 Å². The Kier molecular flexibility index (Phi) is 2.38. The molecule has 0 radical (unpaired) electrons. The van der Waals surface area contributed by atoms with E-state index in [4.69, 9.17) is 0 Å². The molecule has 0 bridgehead atoms. The quantitative estimate of drug-likeness (QED) is 0.268. The molecule has 1 N–H and O–H groups in total. The monoisotopic (exact) mass is 212 g/mol. The van der Waals surface area contributed by atoms with Crippen LogP contribution in [0.25, 0.3) is 0 Å². The fourth-order valence-electron chi connectivity index (χ4n) is 0.596. The average Bonchev–Trinajstić information content (AvgIpc) is 1.69. The van der Waals surface area contributed by atoms with Gasteiger partial charge >= 0.3 is 55.2 Å². The minimum atomic E-state index is 0.438. The van der Waals surface area contributed by atoms with E-state index in [1.807, 2.05) is 0 Å². The Labute approximate surface area is 55.5 Å². The van der Waals surface area contributed by atoms with Crippen molar-refractivity contribution in [3.05, 3.63) is 0 Å². The van der Waals surface area contributed by atoms with Crippen molar-refractivity contribution < 1.29 is 21.5 Å². The van der Waals surface area contributed by atoms with Crippen LogP contribution in [0.2, 0.25) is 0 Å². The van der Waals surface area contributed by atoms with Gasteiger partial charge in [0.2, 0.25) is 0 Å². The minimum absolute atomic E-state index is 0.438. The molecule has 1 aliphatic rings. The first kappa shape index (κ1) is 5.82. The number of hydrogen-bond donors (Lipinski definition) is 1. The molecule has 1 saturated heterocycles. The third kappa shape index (κ3) is 1.95. The Balaban J connectivity index is 2.12. The van der Waals surface area contributed by atoms with E-state index in [-0.39, 0.29) is 0 Å². The van der Waals surface area contributed by atoms with Crippen LogP contribution in [-0.2, 0) is 0 Å². The second-order valence-corrected chi connectivity index (χ2v) is 4.66. The molecule has 1 heterocycles. The summed E-state index contributed by atoms with van der Waals surface area (Å²) >= 11 is 0.438. The predicted molar refractivity (Wildman–Crippen MR) is 26.7 cm³/mol. The summed E-state index contributed by atoms with van der Waals surface area (Å²) in [7, 11) is 0. The van der Waals surface area contributed by atoms with Gasteiger partial charge in [0.15, 0.2) is 0 Å². The molecule has 0 aliphatic carbocycles. The van der Waals surface area contributed by atoms with Gasteiger partial charge in [0.05, 0.1) is 0 Å². The Bertz CT molecular complexity index is 50.0. The molecule has 44 valence electrons. The van der Waals surface area contributed by atoms with E-state index in [0.29, 0.717) is 21.5 Å².